The molecule has 0 aromatic rings. The van der Waals surface area contributed by atoms with E-state index in [0.29, 0.717) is 19.4 Å². The second-order valence-electron chi connectivity index (χ2n) is 6.58. The number of hydrogen-bond acceptors (Lipinski definition) is 3. The summed E-state index contributed by atoms with van der Waals surface area (Å²) >= 11 is 0. The first-order valence-corrected chi connectivity index (χ1v) is 6.99. The fourth-order valence-electron chi connectivity index (χ4n) is 2.70. The number of carboxylic acid groups (broad SMARTS) is 1. The van der Waals surface area contributed by atoms with Gasteiger partial charge in [0, 0.05) is 13.1 Å². The number of piperidine rings is 1. The van der Waals surface area contributed by atoms with Crippen molar-refractivity contribution in [3.63, 3.8) is 0 Å². The van der Waals surface area contributed by atoms with Crippen molar-refractivity contribution in [2.45, 2.75) is 52.5 Å². The molecule has 1 aliphatic heterocycles. The number of hydrogen-bond donors (Lipinski definition) is 2. The molecule has 1 unspecified atom stereocenters. The van der Waals surface area contributed by atoms with Crippen LogP contribution in [0.2, 0.25) is 0 Å². The molecule has 0 aromatic heterocycles. The zero-order valence-corrected chi connectivity index (χ0v) is 12.2. The molecule has 1 aliphatic rings. The lowest BCUT2D eigenvalue weighted by molar-refractivity contribution is -0.154. The van der Waals surface area contributed by atoms with Crippen LogP contribution in [0.1, 0.15) is 46.5 Å². The second-order valence-corrected chi connectivity index (χ2v) is 6.58. The van der Waals surface area contributed by atoms with Crippen LogP contribution in [0.5, 0.6) is 0 Å². The van der Waals surface area contributed by atoms with Gasteiger partial charge in [-0.25, -0.2) is 4.79 Å². The van der Waals surface area contributed by atoms with Crippen molar-refractivity contribution in [1.82, 2.24) is 4.90 Å². The zero-order valence-electron chi connectivity index (χ0n) is 12.2. The van der Waals surface area contributed by atoms with Crippen molar-refractivity contribution in [2.75, 3.05) is 13.1 Å². The molecule has 110 valence electrons. The van der Waals surface area contributed by atoms with Crippen molar-refractivity contribution in [3.05, 3.63) is 0 Å². The quantitative estimate of drug-likeness (QED) is 0.810. The highest BCUT2D eigenvalue weighted by molar-refractivity contribution is 5.85. The van der Waals surface area contributed by atoms with E-state index >= 15 is 0 Å². The number of nitrogens with zero attached hydrogens (tertiary/aromatic N) is 1. The minimum atomic E-state index is -0.903. The number of nitrogens with two attached hydrogens (primary N) is 1. The minimum absolute atomic E-state index is 0.00814. The monoisotopic (exact) mass is 270 g/mol. The molecule has 0 radical (unpaired) electrons. The van der Waals surface area contributed by atoms with Crippen molar-refractivity contribution >= 4 is 11.9 Å². The lowest BCUT2D eigenvalue weighted by atomic mass is 9.83. The molecule has 0 aliphatic carbocycles. The van der Waals surface area contributed by atoms with Crippen LogP contribution in [0.15, 0.2) is 0 Å². The van der Waals surface area contributed by atoms with Crippen LogP contribution in [0, 0.1) is 11.3 Å². The molecule has 0 aromatic carbocycles. The largest absolute Gasteiger partial charge is 0.480 e. The second kappa shape index (κ2) is 6.37. The topological polar surface area (TPSA) is 83.6 Å². The molecule has 3 N–H and O–H groups in total. The Morgan fingerprint density at radius 1 is 1.37 bits per heavy atom. The van der Waals surface area contributed by atoms with Crippen LogP contribution in [0.25, 0.3) is 0 Å². The first kappa shape index (κ1) is 16.0. The average Bonchev–Trinajstić information content (AvgIpc) is 2.34. The van der Waals surface area contributed by atoms with Crippen molar-refractivity contribution < 1.29 is 14.7 Å². The maximum atomic E-state index is 12.5. The van der Waals surface area contributed by atoms with E-state index in [2.05, 4.69) is 20.8 Å². The van der Waals surface area contributed by atoms with Gasteiger partial charge in [0.25, 0.3) is 0 Å². The molecule has 19 heavy (non-hydrogen) atoms. The van der Waals surface area contributed by atoms with Gasteiger partial charge < -0.3 is 15.7 Å². The van der Waals surface area contributed by atoms with Crippen LogP contribution in [-0.4, -0.2) is 41.0 Å². The van der Waals surface area contributed by atoms with Gasteiger partial charge in [0.2, 0.25) is 5.91 Å². The van der Waals surface area contributed by atoms with Gasteiger partial charge >= 0.3 is 5.97 Å². The van der Waals surface area contributed by atoms with E-state index in [1.54, 1.807) is 0 Å². The van der Waals surface area contributed by atoms with Crippen LogP contribution in [-0.2, 0) is 9.59 Å². The molecule has 5 heteroatoms. The van der Waals surface area contributed by atoms with E-state index in [0.717, 1.165) is 12.8 Å². The highest BCUT2D eigenvalue weighted by Gasteiger charge is 2.36. The van der Waals surface area contributed by atoms with E-state index < -0.39 is 12.0 Å². The van der Waals surface area contributed by atoms with Gasteiger partial charge in [-0.2, -0.15) is 0 Å². The molecule has 1 fully saturated rings. The fraction of sp³-hybridized carbons (Fsp3) is 0.857. The summed E-state index contributed by atoms with van der Waals surface area (Å²) in [5.41, 5.74) is 5.72. The average molecular weight is 270 g/mol. The van der Waals surface area contributed by atoms with Gasteiger partial charge in [-0.3, -0.25) is 4.79 Å². The highest BCUT2D eigenvalue weighted by Crippen LogP contribution is 2.27. The molecule has 0 spiro atoms. The number of carbonyl (C=O) groups excluding carboxylic acids is 1. The Balaban J connectivity index is 2.79. The summed E-state index contributed by atoms with van der Waals surface area (Å²) in [5, 5.41) is 9.22. The number of likely N-dealkylation sites (tertiary alicyclic amines) is 1. The van der Waals surface area contributed by atoms with Crippen LogP contribution in [0.3, 0.4) is 0 Å². The third kappa shape index (κ3) is 4.49. The summed E-state index contributed by atoms with van der Waals surface area (Å²) in [4.78, 5) is 25.3. The molecule has 1 saturated heterocycles. The Kier molecular flexibility index (Phi) is 5.35. The summed E-state index contributed by atoms with van der Waals surface area (Å²) < 4.78 is 0. The number of aliphatic carboxylic acids is 1. The summed E-state index contributed by atoms with van der Waals surface area (Å²) in [6.45, 7) is 7.00. The lowest BCUT2D eigenvalue weighted by Crippen LogP contribution is -2.51. The Bertz CT molecular complexity index is 336. The Hall–Kier alpha value is -1.10. The summed E-state index contributed by atoms with van der Waals surface area (Å²) in [5.74, 6) is -1.27. The van der Waals surface area contributed by atoms with Gasteiger partial charge in [-0.15, -0.1) is 0 Å². The zero-order chi connectivity index (χ0) is 14.6. The highest BCUT2D eigenvalue weighted by atomic mass is 16.4. The van der Waals surface area contributed by atoms with E-state index in [4.69, 9.17) is 5.73 Å². The predicted octanol–water partition coefficient (Wildman–Crippen LogP) is 1.46. The molecule has 1 rings (SSSR count). The van der Waals surface area contributed by atoms with Crippen molar-refractivity contribution in [2.24, 2.45) is 17.1 Å². The lowest BCUT2D eigenvalue weighted by Gasteiger charge is -2.36. The number of rotatable bonds is 4. The predicted molar refractivity (Wildman–Crippen MR) is 73.6 cm³/mol. The SMILES string of the molecule is CC(C)(C)CC(CN)C(=O)N1CCCC[C@@H]1C(=O)O. The van der Waals surface area contributed by atoms with Crippen molar-refractivity contribution in [1.29, 1.82) is 0 Å². The van der Waals surface area contributed by atoms with Gasteiger partial charge in [0.05, 0.1) is 5.92 Å². The molecule has 0 saturated carbocycles. The van der Waals surface area contributed by atoms with Crippen LogP contribution < -0.4 is 5.73 Å². The number of carbonyl (C=O) groups is 2. The van der Waals surface area contributed by atoms with E-state index in [-0.39, 0.29) is 23.8 Å². The standard InChI is InChI=1S/C14H26N2O3/c1-14(2,3)8-10(9-15)12(17)16-7-5-4-6-11(16)13(18)19/h10-11H,4-9,15H2,1-3H3,(H,18,19)/t10?,11-/m1/s1. The smallest absolute Gasteiger partial charge is 0.326 e. The first-order valence-electron chi connectivity index (χ1n) is 6.99. The normalized spacial score (nSPS) is 22.1. The van der Waals surface area contributed by atoms with Gasteiger partial charge in [-0.1, -0.05) is 20.8 Å². The Labute approximate surface area is 115 Å². The van der Waals surface area contributed by atoms with Crippen molar-refractivity contribution in [3.8, 4) is 0 Å². The third-order valence-electron chi connectivity index (χ3n) is 3.56. The van der Waals surface area contributed by atoms with Gasteiger partial charge in [0.1, 0.15) is 6.04 Å². The van der Waals surface area contributed by atoms with E-state index in [1.165, 1.54) is 4.90 Å². The fourth-order valence-corrected chi connectivity index (χ4v) is 2.70. The molecule has 1 amide bonds. The molecule has 5 nitrogen and oxygen atoms in total. The molecular formula is C14H26N2O3. The number of carboxylic acids is 1. The van der Waals surface area contributed by atoms with E-state index in [1.807, 2.05) is 0 Å². The maximum absolute atomic E-state index is 12.5. The van der Waals surface area contributed by atoms with E-state index in [9.17, 15) is 14.7 Å². The molecule has 1 heterocycles. The van der Waals surface area contributed by atoms with Crippen LogP contribution >= 0.6 is 0 Å². The summed E-state index contributed by atoms with van der Waals surface area (Å²) in [7, 11) is 0. The minimum Gasteiger partial charge on any atom is -0.480 e. The van der Waals surface area contributed by atoms with Crippen LogP contribution in [0.4, 0.5) is 0 Å². The molecule has 2 atom stereocenters. The maximum Gasteiger partial charge on any atom is 0.326 e. The number of amides is 1. The van der Waals surface area contributed by atoms with Gasteiger partial charge in [0.15, 0.2) is 0 Å². The molecular weight excluding hydrogens is 244 g/mol. The summed E-state index contributed by atoms with van der Waals surface area (Å²) in [6, 6.07) is -0.671. The Morgan fingerprint density at radius 2 is 2.00 bits per heavy atom. The summed E-state index contributed by atoms with van der Waals surface area (Å²) in [6.07, 6.45) is 2.98. The Morgan fingerprint density at radius 3 is 2.47 bits per heavy atom. The first-order chi connectivity index (χ1) is 8.76. The van der Waals surface area contributed by atoms with Gasteiger partial charge in [-0.05, 0) is 31.1 Å². The third-order valence-corrected chi connectivity index (χ3v) is 3.56. The molecule has 0 bridgehead atoms.